The predicted octanol–water partition coefficient (Wildman–Crippen LogP) is 0.873. The third kappa shape index (κ3) is 2.84. The minimum absolute atomic E-state index is 0.485. The number of pyridine rings is 1. The van der Waals surface area contributed by atoms with Crippen molar-refractivity contribution in [2.24, 2.45) is 5.84 Å². The molecule has 5 nitrogen and oxygen atoms in total. The molecule has 4 N–H and O–H groups in total. The molecule has 1 aliphatic heterocycles. The van der Waals surface area contributed by atoms with Crippen LogP contribution in [-0.2, 0) is 0 Å². The maximum atomic E-state index is 5.33. The Bertz CT molecular complexity index is 341. The number of nitrogens with one attached hydrogen (secondary N) is 2. The standard InChI is InChI=1S/C11H19N5/c1-16-7-3-4-9(8-16)13-10-5-2-6-11(14-10)15-12/h2,5-6,9H,3-4,7-8,12H2,1H3,(H2,13,14,15). The highest BCUT2D eigenvalue weighted by Crippen LogP contribution is 2.14. The molecule has 1 aromatic heterocycles. The monoisotopic (exact) mass is 221 g/mol. The zero-order valence-corrected chi connectivity index (χ0v) is 9.61. The van der Waals surface area contributed by atoms with Crippen molar-refractivity contribution in [2.45, 2.75) is 18.9 Å². The largest absolute Gasteiger partial charge is 0.366 e. The molecule has 1 atom stereocenters. The minimum Gasteiger partial charge on any atom is -0.366 e. The fourth-order valence-electron chi connectivity index (χ4n) is 2.09. The first-order valence-electron chi connectivity index (χ1n) is 5.66. The molecule has 2 heterocycles. The Morgan fingerprint density at radius 1 is 1.44 bits per heavy atom. The van der Waals surface area contributed by atoms with Crippen molar-refractivity contribution >= 4 is 11.6 Å². The Labute approximate surface area is 96.0 Å². The van der Waals surface area contributed by atoms with Crippen LogP contribution in [0.1, 0.15) is 12.8 Å². The lowest BCUT2D eigenvalue weighted by Gasteiger charge is -2.30. The summed E-state index contributed by atoms with van der Waals surface area (Å²) in [4.78, 5) is 6.68. The molecular weight excluding hydrogens is 202 g/mol. The van der Waals surface area contributed by atoms with Crippen LogP contribution in [0, 0.1) is 0 Å². The summed E-state index contributed by atoms with van der Waals surface area (Å²) in [7, 11) is 2.15. The number of hydrazine groups is 1. The average Bonchev–Trinajstić information content (AvgIpc) is 2.29. The second-order valence-electron chi connectivity index (χ2n) is 4.30. The van der Waals surface area contributed by atoms with Gasteiger partial charge in [0.05, 0.1) is 0 Å². The molecule has 88 valence electrons. The van der Waals surface area contributed by atoms with Crippen LogP contribution >= 0.6 is 0 Å². The van der Waals surface area contributed by atoms with E-state index in [1.807, 2.05) is 18.2 Å². The van der Waals surface area contributed by atoms with Crippen molar-refractivity contribution < 1.29 is 0 Å². The first-order chi connectivity index (χ1) is 7.78. The molecule has 0 aromatic carbocycles. The molecule has 1 unspecified atom stereocenters. The number of hydrogen-bond acceptors (Lipinski definition) is 5. The number of nitrogens with two attached hydrogens (primary N) is 1. The molecule has 1 fully saturated rings. The van der Waals surface area contributed by atoms with E-state index in [-0.39, 0.29) is 0 Å². The Morgan fingerprint density at radius 2 is 2.25 bits per heavy atom. The predicted molar refractivity (Wildman–Crippen MR) is 66.2 cm³/mol. The fraction of sp³-hybridized carbons (Fsp3) is 0.545. The average molecular weight is 221 g/mol. The summed E-state index contributed by atoms with van der Waals surface area (Å²) >= 11 is 0. The van der Waals surface area contributed by atoms with E-state index in [4.69, 9.17) is 5.84 Å². The van der Waals surface area contributed by atoms with Crippen molar-refractivity contribution in [3.63, 3.8) is 0 Å². The molecule has 0 aliphatic carbocycles. The summed E-state index contributed by atoms with van der Waals surface area (Å²) < 4.78 is 0. The maximum Gasteiger partial charge on any atom is 0.142 e. The number of likely N-dealkylation sites (N-methyl/N-ethyl adjacent to an activating group) is 1. The van der Waals surface area contributed by atoms with E-state index in [1.165, 1.54) is 19.4 Å². The van der Waals surface area contributed by atoms with E-state index in [9.17, 15) is 0 Å². The third-order valence-electron chi connectivity index (χ3n) is 2.87. The van der Waals surface area contributed by atoms with Crippen LogP contribution < -0.4 is 16.6 Å². The van der Waals surface area contributed by atoms with Gasteiger partial charge in [-0.2, -0.15) is 0 Å². The highest BCUT2D eigenvalue weighted by atomic mass is 15.3. The number of piperidine rings is 1. The molecule has 5 heteroatoms. The van der Waals surface area contributed by atoms with Gasteiger partial charge >= 0.3 is 0 Å². The van der Waals surface area contributed by atoms with Crippen molar-refractivity contribution in [3.8, 4) is 0 Å². The van der Waals surface area contributed by atoms with Crippen molar-refractivity contribution in [1.82, 2.24) is 9.88 Å². The molecule has 0 radical (unpaired) electrons. The van der Waals surface area contributed by atoms with Gasteiger partial charge < -0.3 is 15.6 Å². The Balaban J connectivity index is 1.97. The molecule has 0 saturated carbocycles. The van der Waals surface area contributed by atoms with E-state index < -0.39 is 0 Å². The molecule has 1 aliphatic rings. The van der Waals surface area contributed by atoms with Gasteiger partial charge in [-0.25, -0.2) is 10.8 Å². The maximum absolute atomic E-state index is 5.33. The summed E-state index contributed by atoms with van der Waals surface area (Å²) in [5, 5.41) is 3.44. The molecule has 0 bridgehead atoms. The van der Waals surface area contributed by atoms with Gasteiger partial charge in [0.1, 0.15) is 11.6 Å². The molecule has 2 rings (SSSR count). The van der Waals surface area contributed by atoms with E-state index >= 15 is 0 Å². The first kappa shape index (κ1) is 11.2. The summed E-state index contributed by atoms with van der Waals surface area (Å²) in [6, 6.07) is 6.24. The topological polar surface area (TPSA) is 66.2 Å². The molecule has 0 spiro atoms. The van der Waals surface area contributed by atoms with Gasteiger partial charge in [-0.05, 0) is 38.6 Å². The van der Waals surface area contributed by atoms with Gasteiger partial charge in [0.25, 0.3) is 0 Å². The molecule has 16 heavy (non-hydrogen) atoms. The first-order valence-corrected chi connectivity index (χ1v) is 5.66. The highest BCUT2D eigenvalue weighted by molar-refractivity contribution is 5.44. The zero-order chi connectivity index (χ0) is 11.4. The SMILES string of the molecule is CN1CCCC(Nc2cccc(NN)n2)C1. The van der Waals surface area contributed by atoms with Crippen LogP contribution in [0.4, 0.5) is 11.6 Å². The van der Waals surface area contributed by atoms with Gasteiger partial charge in [0.15, 0.2) is 0 Å². The number of nitrogen functional groups attached to an aromatic ring is 1. The lowest BCUT2D eigenvalue weighted by Crippen LogP contribution is -2.39. The van der Waals surface area contributed by atoms with Crippen LogP contribution in [0.2, 0.25) is 0 Å². The normalized spacial score (nSPS) is 21.8. The van der Waals surface area contributed by atoms with E-state index in [0.717, 1.165) is 12.4 Å². The van der Waals surface area contributed by atoms with Gasteiger partial charge in [0.2, 0.25) is 0 Å². The second-order valence-corrected chi connectivity index (χ2v) is 4.30. The van der Waals surface area contributed by atoms with Crippen LogP contribution in [-0.4, -0.2) is 36.1 Å². The van der Waals surface area contributed by atoms with Crippen LogP contribution in [0.15, 0.2) is 18.2 Å². The van der Waals surface area contributed by atoms with Crippen molar-refractivity contribution in [1.29, 1.82) is 0 Å². The number of aromatic nitrogens is 1. The second kappa shape index (κ2) is 5.14. The lowest BCUT2D eigenvalue weighted by molar-refractivity contribution is 0.261. The van der Waals surface area contributed by atoms with Gasteiger partial charge in [0, 0.05) is 12.6 Å². The summed E-state index contributed by atoms with van der Waals surface area (Å²) in [6.07, 6.45) is 2.44. The lowest BCUT2D eigenvalue weighted by atomic mass is 10.1. The molecule has 1 aromatic rings. The van der Waals surface area contributed by atoms with Crippen molar-refractivity contribution in [3.05, 3.63) is 18.2 Å². The fourth-order valence-corrected chi connectivity index (χ4v) is 2.09. The van der Waals surface area contributed by atoms with Gasteiger partial charge in [-0.15, -0.1) is 0 Å². The number of nitrogens with zero attached hydrogens (tertiary/aromatic N) is 2. The van der Waals surface area contributed by atoms with Gasteiger partial charge in [-0.1, -0.05) is 6.07 Å². The number of anilines is 2. The zero-order valence-electron chi connectivity index (χ0n) is 9.61. The Hall–Kier alpha value is -1.33. The van der Waals surface area contributed by atoms with Crippen LogP contribution in [0.3, 0.4) is 0 Å². The van der Waals surface area contributed by atoms with E-state index in [0.29, 0.717) is 11.9 Å². The van der Waals surface area contributed by atoms with E-state index in [2.05, 4.69) is 27.7 Å². The summed E-state index contributed by atoms with van der Waals surface area (Å²) in [6.45, 7) is 2.26. The molecular formula is C11H19N5. The van der Waals surface area contributed by atoms with Crippen LogP contribution in [0.25, 0.3) is 0 Å². The summed E-state index contributed by atoms with van der Waals surface area (Å²) in [5.74, 6) is 6.90. The Morgan fingerprint density at radius 3 is 3.00 bits per heavy atom. The quantitative estimate of drug-likeness (QED) is 0.522. The number of likely N-dealkylation sites (tertiary alicyclic amines) is 1. The number of rotatable bonds is 3. The smallest absolute Gasteiger partial charge is 0.142 e. The summed E-state index contributed by atoms with van der Waals surface area (Å²) in [5.41, 5.74) is 2.55. The molecule has 1 saturated heterocycles. The van der Waals surface area contributed by atoms with E-state index in [1.54, 1.807) is 0 Å². The highest BCUT2D eigenvalue weighted by Gasteiger charge is 2.16. The van der Waals surface area contributed by atoms with Gasteiger partial charge in [-0.3, -0.25) is 0 Å². The third-order valence-corrected chi connectivity index (χ3v) is 2.87. The molecule has 0 amide bonds. The van der Waals surface area contributed by atoms with Crippen molar-refractivity contribution in [2.75, 3.05) is 30.9 Å². The minimum atomic E-state index is 0.485. The Kier molecular flexibility index (Phi) is 3.58. The van der Waals surface area contributed by atoms with Crippen LogP contribution in [0.5, 0.6) is 0 Å². The number of hydrogen-bond donors (Lipinski definition) is 3.